The zero-order valence-corrected chi connectivity index (χ0v) is 21.0. The fourth-order valence-electron chi connectivity index (χ4n) is 3.45. The molecule has 0 spiro atoms. The number of carbonyl (C=O) groups is 1. The molecule has 0 aliphatic carbocycles. The summed E-state index contributed by atoms with van der Waals surface area (Å²) in [5.41, 5.74) is 3.75. The predicted octanol–water partition coefficient (Wildman–Crippen LogP) is 3.75. The summed E-state index contributed by atoms with van der Waals surface area (Å²) >= 11 is 0. The van der Waals surface area contributed by atoms with Crippen molar-refractivity contribution in [1.29, 1.82) is 0 Å². The number of anilines is 1. The number of nitrogens with zero attached hydrogens (tertiary/aromatic N) is 3. The molecule has 0 radical (unpaired) electrons. The van der Waals surface area contributed by atoms with Crippen LogP contribution in [-0.2, 0) is 11.3 Å². The minimum atomic E-state index is -0.0263. The van der Waals surface area contributed by atoms with Crippen LogP contribution in [0.3, 0.4) is 0 Å². The highest BCUT2D eigenvalue weighted by Crippen LogP contribution is 2.31. The molecule has 33 heavy (non-hydrogen) atoms. The first kappa shape index (κ1) is 24.6. The quantitative estimate of drug-likeness (QED) is 0.198. The molecule has 0 bridgehead atoms. The van der Waals surface area contributed by atoms with Crippen LogP contribution in [0.15, 0.2) is 64.2 Å². The molecule has 0 saturated carbocycles. The summed E-state index contributed by atoms with van der Waals surface area (Å²) in [7, 11) is 1.72. The number of aryl methyl sites for hydroxylation is 1. The van der Waals surface area contributed by atoms with Gasteiger partial charge in [-0.05, 0) is 37.6 Å². The van der Waals surface area contributed by atoms with Crippen molar-refractivity contribution in [3.05, 3.63) is 66.1 Å². The third kappa shape index (κ3) is 6.25. The molecule has 2 aromatic carbocycles. The molecular formula is C24H28IN5O3. The van der Waals surface area contributed by atoms with Crippen molar-refractivity contribution in [2.75, 3.05) is 31.6 Å². The van der Waals surface area contributed by atoms with Gasteiger partial charge in [-0.25, -0.2) is 4.98 Å². The van der Waals surface area contributed by atoms with Crippen molar-refractivity contribution in [2.45, 2.75) is 19.9 Å². The van der Waals surface area contributed by atoms with Gasteiger partial charge >= 0.3 is 0 Å². The number of hydrogen-bond donors (Lipinski definition) is 2. The third-order valence-electron chi connectivity index (χ3n) is 5.17. The summed E-state index contributed by atoms with van der Waals surface area (Å²) in [6, 6.07) is 15.7. The van der Waals surface area contributed by atoms with Crippen molar-refractivity contribution in [3.63, 3.8) is 0 Å². The van der Waals surface area contributed by atoms with Gasteiger partial charge in [-0.15, -0.1) is 24.0 Å². The summed E-state index contributed by atoms with van der Waals surface area (Å²) in [5, 5.41) is 6.51. The SMILES string of the molecule is CN=C(NCCCN1C(=O)COc2ccccc21)NCc1coc(-c2ccc(C)cc2)n1.I. The Hall–Kier alpha value is -3.08. The Morgan fingerprint density at radius 1 is 1.15 bits per heavy atom. The van der Waals surface area contributed by atoms with Gasteiger partial charge in [0.05, 0.1) is 17.9 Å². The largest absolute Gasteiger partial charge is 0.482 e. The van der Waals surface area contributed by atoms with Crippen molar-refractivity contribution < 1.29 is 13.9 Å². The number of fused-ring (bicyclic) bond motifs is 1. The molecule has 3 aromatic rings. The first-order chi connectivity index (χ1) is 15.6. The molecule has 2 N–H and O–H groups in total. The van der Waals surface area contributed by atoms with Crippen LogP contribution in [-0.4, -0.2) is 43.6 Å². The Kier molecular flexibility index (Phi) is 8.70. The zero-order valence-electron chi connectivity index (χ0n) is 18.7. The van der Waals surface area contributed by atoms with Crippen molar-refractivity contribution >= 4 is 41.5 Å². The van der Waals surface area contributed by atoms with Crippen LogP contribution >= 0.6 is 24.0 Å². The lowest BCUT2D eigenvalue weighted by atomic mass is 10.1. The zero-order chi connectivity index (χ0) is 22.3. The maximum atomic E-state index is 12.3. The maximum absolute atomic E-state index is 12.3. The van der Waals surface area contributed by atoms with E-state index in [0.29, 0.717) is 31.5 Å². The summed E-state index contributed by atoms with van der Waals surface area (Å²) < 4.78 is 11.1. The average Bonchev–Trinajstić information content (AvgIpc) is 3.29. The molecule has 174 valence electrons. The molecule has 0 unspecified atom stereocenters. The summed E-state index contributed by atoms with van der Waals surface area (Å²) in [4.78, 5) is 22.8. The van der Waals surface area contributed by atoms with Crippen LogP contribution in [0.5, 0.6) is 5.75 Å². The number of hydrogen-bond acceptors (Lipinski definition) is 5. The molecule has 1 aromatic heterocycles. The molecule has 2 heterocycles. The topological polar surface area (TPSA) is 92.0 Å². The fourth-order valence-corrected chi connectivity index (χ4v) is 3.45. The Morgan fingerprint density at radius 3 is 2.73 bits per heavy atom. The molecule has 0 fully saturated rings. The van der Waals surface area contributed by atoms with Gasteiger partial charge in [-0.2, -0.15) is 0 Å². The Labute approximate surface area is 210 Å². The molecule has 9 heteroatoms. The van der Waals surface area contributed by atoms with Crippen LogP contribution in [0, 0.1) is 6.92 Å². The number of aliphatic imine (C=N–C) groups is 1. The number of para-hydroxylation sites is 2. The molecule has 0 atom stereocenters. The third-order valence-corrected chi connectivity index (χ3v) is 5.17. The van der Waals surface area contributed by atoms with E-state index < -0.39 is 0 Å². The Bertz CT molecular complexity index is 1100. The number of carbonyl (C=O) groups excluding carboxylic acids is 1. The number of oxazole rings is 1. The monoisotopic (exact) mass is 561 g/mol. The van der Waals surface area contributed by atoms with Crippen LogP contribution in [0.25, 0.3) is 11.5 Å². The van der Waals surface area contributed by atoms with E-state index >= 15 is 0 Å². The number of amides is 1. The van der Waals surface area contributed by atoms with Gasteiger partial charge in [0.25, 0.3) is 5.91 Å². The number of guanidine groups is 1. The van der Waals surface area contributed by atoms with Crippen molar-refractivity contribution in [3.8, 4) is 17.2 Å². The first-order valence-corrected chi connectivity index (χ1v) is 10.6. The highest BCUT2D eigenvalue weighted by molar-refractivity contribution is 14.0. The van der Waals surface area contributed by atoms with Gasteiger partial charge < -0.3 is 24.7 Å². The molecule has 4 rings (SSSR count). The van der Waals surface area contributed by atoms with Crippen LogP contribution < -0.4 is 20.3 Å². The number of halogens is 1. The molecule has 1 aliphatic heterocycles. The predicted molar refractivity (Wildman–Crippen MR) is 139 cm³/mol. The molecule has 8 nitrogen and oxygen atoms in total. The van der Waals surface area contributed by atoms with E-state index in [1.54, 1.807) is 18.2 Å². The van der Waals surface area contributed by atoms with Gasteiger partial charge in [-0.3, -0.25) is 9.79 Å². The first-order valence-electron chi connectivity index (χ1n) is 10.6. The van der Waals surface area contributed by atoms with E-state index in [-0.39, 0.29) is 36.5 Å². The molecule has 0 saturated heterocycles. The second-order valence-corrected chi connectivity index (χ2v) is 7.52. The smallest absolute Gasteiger partial charge is 0.265 e. The van der Waals surface area contributed by atoms with Crippen molar-refractivity contribution in [1.82, 2.24) is 15.6 Å². The van der Waals surface area contributed by atoms with Gasteiger partial charge in [0.15, 0.2) is 12.6 Å². The van der Waals surface area contributed by atoms with Gasteiger partial charge in [0.1, 0.15) is 12.0 Å². The Balaban J connectivity index is 0.00000306. The lowest BCUT2D eigenvalue weighted by molar-refractivity contribution is -0.121. The maximum Gasteiger partial charge on any atom is 0.265 e. The number of ether oxygens (including phenoxy) is 1. The second kappa shape index (κ2) is 11.7. The highest BCUT2D eigenvalue weighted by Gasteiger charge is 2.24. The van der Waals surface area contributed by atoms with Crippen LogP contribution in [0.1, 0.15) is 17.7 Å². The van der Waals surface area contributed by atoms with Crippen molar-refractivity contribution in [2.24, 2.45) is 4.99 Å². The number of aromatic nitrogens is 1. The minimum Gasteiger partial charge on any atom is -0.482 e. The van der Waals surface area contributed by atoms with Gasteiger partial charge in [0, 0.05) is 25.7 Å². The second-order valence-electron chi connectivity index (χ2n) is 7.52. The summed E-state index contributed by atoms with van der Waals surface area (Å²) in [6.45, 7) is 3.89. The van der Waals surface area contributed by atoms with Crippen LogP contribution in [0.2, 0.25) is 0 Å². The lowest BCUT2D eigenvalue weighted by Crippen LogP contribution is -2.42. The fraction of sp³-hybridized carbons (Fsp3) is 0.292. The molecule has 1 amide bonds. The number of nitrogens with one attached hydrogen (secondary N) is 2. The number of benzene rings is 2. The average molecular weight is 561 g/mol. The van der Waals surface area contributed by atoms with E-state index in [1.807, 2.05) is 55.5 Å². The number of rotatable bonds is 7. The highest BCUT2D eigenvalue weighted by atomic mass is 127. The normalized spacial score (nSPS) is 13.1. The summed E-state index contributed by atoms with van der Waals surface area (Å²) in [5.74, 6) is 1.98. The van der Waals surface area contributed by atoms with Gasteiger partial charge in [-0.1, -0.05) is 29.8 Å². The summed E-state index contributed by atoms with van der Waals surface area (Å²) in [6.07, 6.45) is 2.42. The van der Waals surface area contributed by atoms with E-state index in [4.69, 9.17) is 9.15 Å². The van der Waals surface area contributed by atoms with Gasteiger partial charge in [0.2, 0.25) is 5.89 Å². The van der Waals surface area contributed by atoms with E-state index in [1.165, 1.54) is 5.56 Å². The molecule has 1 aliphatic rings. The lowest BCUT2D eigenvalue weighted by Gasteiger charge is -2.29. The molecular weight excluding hydrogens is 533 g/mol. The standard InChI is InChI=1S/C24H27N5O3.HI/c1-17-8-10-18(11-9-17)23-28-19(15-32-23)14-27-24(25-2)26-12-5-13-29-20-6-3-4-7-21(20)31-16-22(29)30;/h3-4,6-11,15H,5,12-14,16H2,1-2H3,(H2,25,26,27);1H. The Morgan fingerprint density at radius 2 is 1.94 bits per heavy atom. The van der Waals surface area contributed by atoms with E-state index in [2.05, 4.69) is 20.6 Å². The van der Waals surface area contributed by atoms with E-state index in [0.717, 1.165) is 29.1 Å². The minimum absolute atomic E-state index is 0. The van der Waals surface area contributed by atoms with E-state index in [9.17, 15) is 4.79 Å². The van der Waals surface area contributed by atoms with Crippen LogP contribution in [0.4, 0.5) is 5.69 Å².